The highest BCUT2D eigenvalue weighted by atomic mass is 32.1. The highest BCUT2D eigenvalue weighted by molar-refractivity contribution is 7.22. The molecule has 2 aromatic carbocycles. The maximum Gasteiger partial charge on any atom is 0.338 e. The molecule has 0 saturated carbocycles. The number of fused-ring (bicyclic) bond motifs is 1. The van der Waals surface area contributed by atoms with Gasteiger partial charge in [-0.1, -0.05) is 30.3 Å². The Hall–Kier alpha value is -2.13. The highest BCUT2D eigenvalue weighted by Gasteiger charge is 2.08. The van der Waals surface area contributed by atoms with E-state index in [0.717, 1.165) is 5.56 Å². The Morgan fingerprint density at radius 2 is 1.85 bits per heavy atom. The Bertz CT molecular complexity index is 708. The van der Waals surface area contributed by atoms with E-state index in [1.165, 1.54) is 15.0 Å². The third-order valence-electron chi connectivity index (χ3n) is 3.11. The first kappa shape index (κ1) is 12.9. The number of ether oxygens (including phenoxy) is 1. The number of rotatable bonds is 3. The van der Waals surface area contributed by atoms with Gasteiger partial charge in [-0.2, -0.15) is 0 Å². The van der Waals surface area contributed by atoms with E-state index in [0.29, 0.717) is 12.2 Å². The van der Waals surface area contributed by atoms with Crippen molar-refractivity contribution in [1.82, 2.24) is 0 Å². The van der Waals surface area contributed by atoms with Crippen LogP contribution in [0.5, 0.6) is 0 Å². The van der Waals surface area contributed by atoms with E-state index < -0.39 is 0 Å². The minimum atomic E-state index is -0.268. The molecule has 0 aliphatic heterocycles. The molecule has 1 aromatic heterocycles. The molecule has 3 heteroatoms. The number of hydrogen-bond acceptors (Lipinski definition) is 3. The first-order valence-corrected chi connectivity index (χ1v) is 7.35. The lowest BCUT2D eigenvalue weighted by Gasteiger charge is -2.02. The molecule has 0 N–H and O–H groups in total. The minimum absolute atomic E-state index is 0.268. The third kappa shape index (κ3) is 2.45. The largest absolute Gasteiger partial charge is 0.462 e. The van der Waals surface area contributed by atoms with Gasteiger partial charge in [0, 0.05) is 9.58 Å². The van der Waals surface area contributed by atoms with Crippen LogP contribution in [0.1, 0.15) is 17.3 Å². The molecule has 0 aliphatic rings. The summed E-state index contributed by atoms with van der Waals surface area (Å²) >= 11 is 1.76. The summed E-state index contributed by atoms with van der Waals surface area (Å²) in [7, 11) is 0. The lowest BCUT2D eigenvalue weighted by atomic mass is 10.1. The molecular weight excluding hydrogens is 268 g/mol. The molecule has 1 heterocycles. The monoisotopic (exact) mass is 282 g/mol. The van der Waals surface area contributed by atoms with Gasteiger partial charge < -0.3 is 4.74 Å². The van der Waals surface area contributed by atoms with Gasteiger partial charge in [0.1, 0.15) is 0 Å². The van der Waals surface area contributed by atoms with E-state index in [-0.39, 0.29) is 5.97 Å². The molecule has 0 bridgehead atoms. The molecule has 0 atom stereocenters. The fourth-order valence-corrected chi connectivity index (χ4v) is 3.18. The molecule has 0 spiro atoms. The van der Waals surface area contributed by atoms with Crippen LogP contribution in [-0.2, 0) is 4.74 Å². The molecular formula is C17H14O2S. The van der Waals surface area contributed by atoms with Crippen molar-refractivity contribution < 1.29 is 9.53 Å². The van der Waals surface area contributed by atoms with Gasteiger partial charge in [-0.15, -0.1) is 11.3 Å². The smallest absolute Gasteiger partial charge is 0.338 e. The number of thiophene rings is 1. The van der Waals surface area contributed by atoms with E-state index >= 15 is 0 Å². The van der Waals surface area contributed by atoms with Crippen molar-refractivity contribution in [2.75, 3.05) is 6.61 Å². The molecule has 100 valence electrons. The Labute approximate surface area is 121 Å². The molecule has 20 heavy (non-hydrogen) atoms. The van der Waals surface area contributed by atoms with Gasteiger partial charge in [0.25, 0.3) is 0 Å². The Morgan fingerprint density at radius 1 is 1.10 bits per heavy atom. The molecule has 0 fully saturated rings. The summed E-state index contributed by atoms with van der Waals surface area (Å²) < 4.78 is 6.26. The van der Waals surface area contributed by atoms with Crippen molar-refractivity contribution in [2.45, 2.75) is 6.92 Å². The van der Waals surface area contributed by atoms with Crippen molar-refractivity contribution in [1.29, 1.82) is 0 Å². The predicted molar refractivity (Wildman–Crippen MR) is 83.2 cm³/mol. The zero-order chi connectivity index (χ0) is 13.9. The summed E-state index contributed by atoms with van der Waals surface area (Å²) in [5.74, 6) is -0.268. The van der Waals surface area contributed by atoms with Crippen LogP contribution < -0.4 is 0 Å². The van der Waals surface area contributed by atoms with Crippen molar-refractivity contribution in [2.24, 2.45) is 0 Å². The lowest BCUT2D eigenvalue weighted by Crippen LogP contribution is -2.03. The molecule has 0 saturated heterocycles. The van der Waals surface area contributed by atoms with Crippen LogP contribution in [-0.4, -0.2) is 12.6 Å². The van der Waals surface area contributed by atoms with Crippen LogP contribution in [0.25, 0.3) is 20.5 Å². The van der Waals surface area contributed by atoms with Gasteiger partial charge >= 0.3 is 5.97 Å². The van der Waals surface area contributed by atoms with Gasteiger partial charge in [0.2, 0.25) is 0 Å². The molecule has 0 amide bonds. The van der Waals surface area contributed by atoms with Gasteiger partial charge in [0.05, 0.1) is 12.2 Å². The second kappa shape index (κ2) is 5.47. The summed E-state index contributed by atoms with van der Waals surface area (Å²) in [5.41, 5.74) is 1.72. The third-order valence-corrected chi connectivity index (χ3v) is 4.27. The Kier molecular flexibility index (Phi) is 3.52. The predicted octanol–water partition coefficient (Wildman–Crippen LogP) is 4.75. The first-order valence-electron chi connectivity index (χ1n) is 6.54. The van der Waals surface area contributed by atoms with Crippen molar-refractivity contribution in [3.8, 4) is 10.4 Å². The summed E-state index contributed by atoms with van der Waals surface area (Å²) in [6, 6.07) is 18.1. The molecule has 0 aliphatic carbocycles. The minimum Gasteiger partial charge on any atom is -0.462 e. The molecule has 0 unspecified atom stereocenters. The SMILES string of the molecule is CCOC(=O)c1ccc(-c2cc3ccccc3s2)cc1. The second-order valence-electron chi connectivity index (χ2n) is 4.45. The quantitative estimate of drug-likeness (QED) is 0.648. The maximum absolute atomic E-state index is 11.6. The molecule has 3 aromatic rings. The van der Waals surface area contributed by atoms with Gasteiger partial charge in [-0.3, -0.25) is 0 Å². The number of carbonyl (C=O) groups is 1. The summed E-state index contributed by atoms with van der Waals surface area (Å²) in [6.45, 7) is 2.21. The lowest BCUT2D eigenvalue weighted by molar-refractivity contribution is 0.0526. The van der Waals surface area contributed by atoms with Crippen LogP contribution in [0.3, 0.4) is 0 Å². The fourth-order valence-electron chi connectivity index (χ4n) is 2.11. The molecule has 0 radical (unpaired) electrons. The van der Waals surface area contributed by atoms with Gasteiger partial charge in [-0.05, 0) is 42.1 Å². The van der Waals surface area contributed by atoms with E-state index in [9.17, 15) is 4.79 Å². The van der Waals surface area contributed by atoms with Crippen LogP contribution in [0, 0.1) is 0 Å². The number of benzene rings is 2. The standard InChI is InChI=1S/C17H14O2S/c1-2-19-17(18)13-9-7-12(8-10-13)16-11-14-5-3-4-6-15(14)20-16/h3-11H,2H2,1H3. The van der Waals surface area contributed by atoms with Crippen LogP contribution in [0.15, 0.2) is 54.6 Å². The van der Waals surface area contributed by atoms with Crippen molar-refractivity contribution in [3.63, 3.8) is 0 Å². The first-order chi connectivity index (χ1) is 9.78. The summed E-state index contributed by atoms with van der Waals surface area (Å²) in [6.07, 6.45) is 0. The van der Waals surface area contributed by atoms with Crippen molar-refractivity contribution >= 4 is 27.4 Å². The topological polar surface area (TPSA) is 26.3 Å². The van der Waals surface area contributed by atoms with Gasteiger partial charge in [0.15, 0.2) is 0 Å². The number of esters is 1. The van der Waals surface area contributed by atoms with Gasteiger partial charge in [-0.25, -0.2) is 4.79 Å². The average molecular weight is 282 g/mol. The maximum atomic E-state index is 11.6. The van der Waals surface area contributed by atoms with E-state index in [1.807, 2.05) is 43.3 Å². The molecule has 3 rings (SSSR count). The number of carbonyl (C=O) groups excluding carboxylic acids is 1. The van der Waals surface area contributed by atoms with E-state index in [4.69, 9.17) is 4.74 Å². The number of hydrogen-bond donors (Lipinski definition) is 0. The van der Waals surface area contributed by atoms with E-state index in [1.54, 1.807) is 11.3 Å². The van der Waals surface area contributed by atoms with E-state index in [2.05, 4.69) is 18.2 Å². The summed E-state index contributed by atoms with van der Waals surface area (Å²) in [4.78, 5) is 12.8. The van der Waals surface area contributed by atoms with Crippen molar-refractivity contribution in [3.05, 3.63) is 60.2 Å². The van der Waals surface area contributed by atoms with Crippen LogP contribution in [0.2, 0.25) is 0 Å². The van der Waals surface area contributed by atoms with Crippen LogP contribution >= 0.6 is 11.3 Å². The summed E-state index contributed by atoms with van der Waals surface area (Å²) in [5, 5.41) is 1.25. The zero-order valence-corrected chi connectivity index (χ0v) is 11.9. The highest BCUT2D eigenvalue weighted by Crippen LogP contribution is 2.33. The zero-order valence-electron chi connectivity index (χ0n) is 11.1. The second-order valence-corrected chi connectivity index (χ2v) is 5.53. The average Bonchev–Trinajstić information content (AvgIpc) is 2.91. The Balaban J connectivity index is 1.92. The fraction of sp³-hybridized carbons (Fsp3) is 0.118. The van der Waals surface area contributed by atoms with Crippen LogP contribution in [0.4, 0.5) is 0 Å². The normalized spacial score (nSPS) is 10.7. The molecule has 2 nitrogen and oxygen atoms in total. The Morgan fingerprint density at radius 3 is 2.55 bits per heavy atom.